The van der Waals surface area contributed by atoms with Gasteiger partial charge in [0.25, 0.3) is 0 Å². The predicted molar refractivity (Wildman–Crippen MR) is 130 cm³/mol. The molecule has 0 saturated carbocycles. The summed E-state index contributed by atoms with van der Waals surface area (Å²) in [4.78, 5) is 28.4. The van der Waals surface area contributed by atoms with Gasteiger partial charge in [0.1, 0.15) is 0 Å². The number of hydrogen-bond acceptors (Lipinski definition) is 7. The van der Waals surface area contributed by atoms with Crippen molar-refractivity contribution in [2.75, 3.05) is 23.7 Å². The third kappa shape index (κ3) is 5.57. The van der Waals surface area contributed by atoms with Crippen LogP contribution in [0.5, 0.6) is 0 Å². The first kappa shape index (κ1) is 24.6. The summed E-state index contributed by atoms with van der Waals surface area (Å²) >= 11 is 0. The van der Waals surface area contributed by atoms with Gasteiger partial charge in [0.2, 0.25) is 33.6 Å². The molecule has 1 aromatic heterocycles. The Morgan fingerprint density at radius 2 is 1.74 bits per heavy atom. The van der Waals surface area contributed by atoms with Crippen LogP contribution in [0.15, 0.2) is 51.9 Å². The first-order valence-corrected chi connectivity index (χ1v) is 12.7. The van der Waals surface area contributed by atoms with E-state index in [1.807, 2.05) is 0 Å². The highest BCUT2D eigenvalue weighted by molar-refractivity contribution is 7.89. The van der Waals surface area contributed by atoms with Gasteiger partial charge in [-0.05, 0) is 55.7 Å². The Morgan fingerprint density at radius 1 is 1.06 bits per heavy atom. The maximum atomic E-state index is 13.5. The van der Waals surface area contributed by atoms with E-state index >= 15 is 0 Å². The van der Waals surface area contributed by atoms with Crippen LogP contribution in [0.3, 0.4) is 0 Å². The molecule has 35 heavy (non-hydrogen) atoms. The zero-order valence-corrected chi connectivity index (χ0v) is 20.6. The fourth-order valence-corrected chi connectivity index (χ4v) is 5.81. The molecule has 0 radical (unpaired) electrons. The number of benzene rings is 2. The molecular formula is C24H27N5O5S. The monoisotopic (exact) mass is 497 g/mol. The van der Waals surface area contributed by atoms with Crippen molar-refractivity contribution in [2.24, 2.45) is 5.92 Å². The molecule has 1 atom stereocenters. The number of rotatable bonds is 6. The highest BCUT2D eigenvalue weighted by Crippen LogP contribution is 2.29. The van der Waals surface area contributed by atoms with Crippen molar-refractivity contribution in [3.63, 3.8) is 0 Å². The van der Waals surface area contributed by atoms with Gasteiger partial charge in [0.05, 0.1) is 10.8 Å². The molecule has 2 amide bonds. The van der Waals surface area contributed by atoms with Crippen molar-refractivity contribution >= 4 is 33.2 Å². The summed E-state index contributed by atoms with van der Waals surface area (Å²) in [5.41, 5.74) is 2.34. The van der Waals surface area contributed by atoms with E-state index in [9.17, 15) is 18.0 Å². The Morgan fingerprint density at radius 3 is 2.37 bits per heavy atom. The van der Waals surface area contributed by atoms with Crippen molar-refractivity contribution < 1.29 is 22.5 Å². The zero-order chi connectivity index (χ0) is 25.2. The van der Waals surface area contributed by atoms with E-state index in [1.165, 1.54) is 11.2 Å². The molecule has 2 heterocycles. The number of sulfonamides is 1. The lowest BCUT2D eigenvalue weighted by Gasteiger charge is -2.31. The smallest absolute Gasteiger partial charge is 0.243 e. The Balaban J connectivity index is 1.49. The topological polar surface area (TPSA) is 134 Å². The number of carbonyl (C=O) groups is 2. The number of nitrogens with one attached hydrogen (secondary N) is 2. The summed E-state index contributed by atoms with van der Waals surface area (Å²) in [5.74, 6) is -0.209. The van der Waals surface area contributed by atoms with Crippen molar-refractivity contribution in [3.05, 3.63) is 53.9 Å². The number of amides is 2. The SMILES string of the molecule is CC(=O)Nc1ccc(NC(=O)C2CCCN(S(=O)(=O)c3cc(-c4noc(C)n4)ccc3C)C2)cc1. The first-order chi connectivity index (χ1) is 16.6. The molecule has 2 N–H and O–H groups in total. The number of hydrogen-bond donors (Lipinski definition) is 2. The molecule has 0 bridgehead atoms. The summed E-state index contributed by atoms with van der Waals surface area (Å²) < 4.78 is 33.5. The second kappa shape index (κ2) is 9.96. The lowest BCUT2D eigenvalue weighted by Crippen LogP contribution is -2.43. The van der Waals surface area contributed by atoms with Crippen LogP contribution in [-0.4, -0.2) is 47.8 Å². The minimum Gasteiger partial charge on any atom is -0.339 e. The third-order valence-corrected chi connectivity index (χ3v) is 7.83. The van der Waals surface area contributed by atoms with Crippen molar-refractivity contribution in [2.45, 2.75) is 38.5 Å². The molecule has 1 saturated heterocycles. The molecular weight excluding hydrogens is 470 g/mol. The fourth-order valence-electron chi connectivity index (χ4n) is 4.03. The number of piperidine rings is 1. The summed E-state index contributed by atoms with van der Waals surface area (Å²) in [7, 11) is -3.85. The number of aromatic nitrogens is 2. The summed E-state index contributed by atoms with van der Waals surface area (Å²) in [6.45, 7) is 5.24. The largest absolute Gasteiger partial charge is 0.339 e. The second-order valence-corrected chi connectivity index (χ2v) is 10.5. The van der Waals surface area contributed by atoms with E-state index in [4.69, 9.17) is 4.52 Å². The molecule has 1 aliphatic rings. The molecule has 1 aliphatic heterocycles. The molecule has 0 aliphatic carbocycles. The van der Waals surface area contributed by atoms with Crippen LogP contribution < -0.4 is 10.6 Å². The molecule has 1 unspecified atom stereocenters. The Labute approximate surface area is 203 Å². The molecule has 4 rings (SSSR count). The van der Waals surface area contributed by atoms with Crippen molar-refractivity contribution in [1.29, 1.82) is 0 Å². The molecule has 11 heteroatoms. The van der Waals surface area contributed by atoms with Gasteiger partial charge in [-0.2, -0.15) is 9.29 Å². The van der Waals surface area contributed by atoms with Crippen molar-refractivity contribution in [3.8, 4) is 11.4 Å². The van der Waals surface area contributed by atoms with Crippen LogP contribution in [0.4, 0.5) is 11.4 Å². The van der Waals surface area contributed by atoms with Gasteiger partial charge in [0, 0.05) is 43.9 Å². The van der Waals surface area contributed by atoms with E-state index in [0.29, 0.717) is 53.6 Å². The average molecular weight is 498 g/mol. The minimum atomic E-state index is -3.85. The van der Waals surface area contributed by atoms with Gasteiger partial charge in [0.15, 0.2) is 0 Å². The first-order valence-electron chi connectivity index (χ1n) is 11.2. The Kier molecular flexibility index (Phi) is 6.99. The quantitative estimate of drug-likeness (QED) is 0.533. The summed E-state index contributed by atoms with van der Waals surface area (Å²) in [5, 5.41) is 9.39. The van der Waals surface area contributed by atoms with Crippen LogP contribution in [0.1, 0.15) is 31.2 Å². The van der Waals surface area contributed by atoms with Gasteiger partial charge in [-0.1, -0.05) is 17.3 Å². The maximum Gasteiger partial charge on any atom is 0.243 e. The van der Waals surface area contributed by atoms with Crippen molar-refractivity contribution in [1.82, 2.24) is 14.4 Å². The zero-order valence-electron chi connectivity index (χ0n) is 19.7. The Hall–Kier alpha value is -3.57. The van der Waals surface area contributed by atoms with Crippen LogP contribution in [0.2, 0.25) is 0 Å². The highest BCUT2D eigenvalue weighted by atomic mass is 32.2. The number of carbonyl (C=O) groups excluding carboxylic acids is 2. The Bertz CT molecular complexity index is 1350. The maximum absolute atomic E-state index is 13.5. The second-order valence-electron chi connectivity index (χ2n) is 8.57. The lowest BCUT2D eigenvalue weighted by atomic mass is 9.98. The minimum absolute atomic E-state index is 0.0864. The van der Waals surface area contributed by atoms with E-state index in [-0.39, 0.29) is 23.3 Å². The van der Waals surface area contributed by atoms with Gasteiger partial charge >= 0.3 is 0 Å². The molecule has 0 spiro atoms. The van der Waals surface area contributed by atoms with Gasteiger partial charge in [-0.15, -0.1) is 0 Å². The number of aryl methyl sites for hydroxylation is 2. The standard InChI is InChI=1S/C24H27N5O5S/c1-15-6-7-18(23-26-17(3)34-28-23)13-22(15)35(32,33)29-12-4-5-19(14-29)24(31)27-21-10-8-20(9-11-21)25-16(2)30/h6-11,13,19H,4-5,12,14H2,1-3H3,(H,25,30)(H,27,31). The van der Waals surface area contributed by atoms with Gasteiger partial charge < -0.3 is 15.2 Å². The molecule has 3 aromatic rings. The summed E-state index contributed by atoms with van der Waals surface area (Å²) in [6, 6.07) is 11.8. The third-order valence-electron chi connectivity index (χ3n) is 5.82. The lowest BCUT2D eigenvalue weighted by molar-refractivity contribution is -0.121. The molecule has 184 valence electrons. The molecule has 1 fully saturated rings. The molecule has 10 nitrogen and oxygen atoms in total. The van der Waals surface area contributed by atoms with E-state index in [0.717, 1.165) is 0 Å². The van der Waals surface area contributed by atoms with Crippen LogP contribution in [0.25, 0.3) is 11.4 Å². The highest BCUT2D eigenvalue weighted by Gasteiger charge is 2.34. The normalized spacial score (nSPS) is 16.6. The van der Waals surface area contributed by atoms with Crippen LogP contribution >= 0.6 is 0 Å². The molecule has 2 aromatic carbocycles. The number of anilines is 2. The van der Waals surface area contributed by atoms with Crippen LogP contribution in [-0.2, 0) is 19.6 Å². The average Bonchev–Trinajstić information content (AvgIpc) is 3.26. The summed E-state index contributed by atoms with van der Waals surface area (Å²) in [6.07, 6.45) is 1.16. The fraction of sp³-hybridized carbons (Fsp3) is 0.333. The van der Waals surface area contributed by atoms with Gasteiger partial charge in [-0.25, -0.2) is 8.42 Å². The number of nitrogens with zero attached hydrogens (tertiary/aromatic N) is 3. The van der Waals surface area contributed by atoms with E-state index < -0.39 is 15.9 Å². The van der Waals surface area contributed by atoms with Crippen LogP contribution in [0, 0.1) is 19.8 Å². The van der Waals surface area contributed by atoms with E-state index in [1.54, 1.807) is 56.3 Å². The predicted octanol–water partition coefficient (Wildman–Crippen LogP) is 3.35. The van der Waals surface area contributed by atoms with Gasteiger partial charge in [-0.3, -0.25) is 9.59 Å². The van der Waals surface area contributed by atoms with E-state index in [2.05, 4.69) is 20.8 Å².